The van der Waals surface area contributed by atoms with Gasteiger partial charge in [-0.25, -0.2) is 0 Å². The first-order valence-electron chi connectivity index (χ1n) is 12.8. The van der Waals surface area contributed by atoms with E-state index < -0.39 is 0 Å². The van der Waals surface area contributed by atoms with Gasteiger partial charge in [-0.2, -0.15) is 0 Å². The first kappa shape index (κ1) is 21.9. The molecule has 2 heteroatoms. The molecule has 0 aromatic carbocycles. The van der Waals surface area contributed by atoms with Gasteiger partial charge in [-0.3, -0.25) is 0 Å². The molecule has 3 unspecified atom stereocenters. The Hall–Kier alpha value is -0.340. The van der Waals surface area contributed by atoms with E-state index >= 15 is 0 Å². The third-order valence-corrected chi connectivity index (χ3v) is 10.0. The summed E-state index contributed by atoms with van der Waals surface area (Å²) in [6, 6.07) is 0.355. The Balaban J connectivity index is 1.42. The monoisotopic (exact) mass is 400 g/mol. The molecule has 0 spiro atoms. The van der Waals surface area contributed by atoms with Crippen molar-refractivity contribution >= 4 is 0 Å². The Morgan fingerprint density at radius 2 is 1.93 bits per heavy atom. The van der Waals surface area contributed by atoms with Crippen LogP contribution in [-0.4, -0.2) is 18.8 Å². The molecule has 3 fully saturated rings. The van der Waals surface area contributed by atoms with Crippen LogP contribution in [0.5, 0.6) is 0 Å². The predicted octanol–water partition coefficient (Wildman–Crippen LogP) is 6.69. The molecule has 0 aromatic heterocycles. The molecule has 0 saturated heterocycles. The van der Waals surface area contributed by atoms with Crippen molar-refractivity contribution in [1.82, 2.24) is 0 Å². The zero-order chi connectivity index (χ0) is 20.6. The summed E-state index contributed by atoms with van der Waals surface area (Å²) in [7, 11) is 0. The summed E-state index contributed by atoms with van der Waals surface area (Å²) in [5.74, 6) is 3.42. The SMILES string of the molecule is [CH2]CCCCCO[C@H]1CC[C@@]2(C)C(=CCC3C2CC[C@@]2(C)C3CC[C@@H]2[C@H](C)N)C1. The lowest BCUT2D eigenvalue weighted by molar-refractivity contribution is -0.0598. The number of hydrogen-bond acceptors (Lipinski definition) is 2. The average molecular weight is 401 g/mol. The molecule has 0 aromatic rings. The third-order valence-electron chi connectivity index (χ3n) is 10.0. The summed E-state index contributed by atoms with van der Waals surface area (Å²) >= 11 is 0. The molecule has 2 nitrogen and oxygen atoms in total. The lowest BCUT2D eigenvalue weighted by Crippen LogP contribution is -2.51. The molecular weight excluding hydrogens is 354 g/mol. The number of rotatable bonds is 7. The Morgan fingerprint density at radius 3 is 2.69 bits per heavy atom. The zero-order valence-corrected chi connectivity index (χ0v) is 19.4. The van der Waals surface area contributed by atoms with E-state index in [9.17, 15) is 0 Å². The normalized spacial score (nSPS) is 45.1. The van der Waals surface area contributed by atoms with E-state index in [0.29, 0.717) is 23.0 Å². The lowest BCUT2D eigenvalue weighted by Gasteiger charge is -2.58. The fraction of sp³-hybridized carbons (Fsp3) is 0.889. The van der Waals surface area contributed by atoms with Crippen molar-refractivity contribution in [2.75, 3.05) is 6.61 Å². The van der Waals surface area contributed by atoms with E-state index in [-0.39, 0.29) is 0 Å². The van der Waals surface area contributed by atoms with Crippen molar-refractivity contribution in [3.63, 3.8) is 0 Å². The quantitative estimate of drug-likeness (QED) is 0.381. The van der Waals surface area contributed by atoms with Gasteiger partial charge in [0, 0.05) is 12.6 Å². The van der Waals surface area contributed by atoms with E-state index in [0.717, 1.165) is 36.7 Å². The third kappa shape index (κ3) is 3.86. The van der Waals surface area contributed by atoms with Crippen LogP contribution >= 0.6 is 0 Å². The highest BCUT2D eigenvalue weighted by Crippen LogP contribution is 2.66. The fourth-order valence-electron chi connectivity index (χ4n) is 8.38. The minimum absolute atomic E-state index is 0.355. The molecule has 0 amide bonds. The number of allylic oxidation sites excluding steroid dienone is 1. The summed E-state index contributed by atoms with van der Waals surface area (Å²) in [5, 5.41) is 0. The highest BCUT2D eigenvalue weighted by Gasteiger charge is 2.58. The van der Waals surface area contributed by atoms with Crippen LogP contribution in [-0.2, 0) is 4.74 Å². The van der Waals surface area contributed by atoms with Crippen molar-refractivity contribution in [2.45, 2.75) is 110 Å². The van der Waals surface area contributed by atoms with Gasteiger partial charge in [0.2, 0.25) is 0 Å². The van der Waals surface area contributed by atoms with Gasteiger partial charge in [0.15, 0.2) is 0 Å². The summed E-state index contributed by atoms with van der Waals surface area (Å²) in [5.41, 5.74) is 9.12. The maximum absolute atomic E-state index is 6.44. The van der Waals surface area contributed by atoms with Crippen molar-refractivity contribution in [2.24, 2.45) is 40.2 Å². The summed E-state index contributed by atoms with van der Waals surface area (Å²) in [6.07, 6.45) is 18.6. The van der Waals surface area contributed by atoms with Crippen LogP contribution in [0.1, 0.15) is 97.8 Å². The van der Waals surface area contributed by atoms with E-state index in [1.807, 2.05) is 0 Å². The molecule has 29 heavy (non-hydrogen) atoms. The van der Waals surface area contributed by atoms with Crippen LogP contribution in [0.25, 0.3) is 0 Å². The fourth-order valence-corrected chi connectivity index (χ4v) is 8.38. The first-order chi connectivity index (χ1) is 13.9. The maximum Gasteiger partial charge on any atom is 0.0612 e. The largest absolute Gasteiger partial charge is 0.378 e. The maximum atomic E-state index is 6.44. The van der Waals surface area contributed by atoms with Crippen LogP contribution in [0.4, 0.5) is 0 Å². The number of nitrogens with two attached hydrogens (primary N) is 1. The van der Waals surface area contributed by atoms with Crippen molar-refractivity contribution in [3.05, 3.63) is 18.6 Å². The first-order valence-corrected chi connectivity index (χ1v) is 12.8. The zero-order valence-electron chi connectivity index (χ0n) is 19.4. The molecule has 4 aliphatic rings. The van der Waals surface area contributed by atoms with Gasteiger partial charge in [-0.15, -0.1) is 0 Å². The van der Waals surface area contributed by atoms with Gasteiger partial charge in [0.1, 0.15) is 0 Å². The smallest absolute Gasteiger partial charge is 0.0612 e. The molecule has 165 valence electrons. The number of fused-ring (bicyclic) bond motifs is 5. The van der Waals surface area contributed by atoms with Crippen molar-refractivity contribution in [1.29, 1.82) is 0 Å². The summed E-state index contributed by atoms with van der Waals surface area (Å²) in [6.45, 7) is 12.3. The molecular formula is C27H46NO. The second-order valence-electron chi connectivity index (χ2n) is 11.5. The number of unbranched alkanes of at least 4 members (excludes halogenated alkanes) is 3. The molecule has 4 rings (SSSR count). The predicted molar refractivity (Wildman–Crippen MR) is 122 cm³/mol. The van der Waals surface area contributed by atoms with Gasteiger partial charge in [-0.05, 0) is 99.2 Å². The standard InChI is InChI=1S/C27H46NO/c1-5-6-7-8-17-29-21-13-15-26(3)20(18-21)9-10-22-24-12-11-23(19(2)28)27(24,4)16-14-25(22)26/h9,19,21-25H,1,5-8,10-18,28H2,2-4H3/t19-,21-,22?,23+,24?,25?,26-,27+/m0/s1. The van der Waals surface area contributed by atoms with Gasteiger partial charge in [-0.1, -0.05) is 51.7 Å². The number of ether oxygens (including phenoxy) is 1. The topological polar surface area (TPSA) is 35.2 Å². The van der Waals surface area contributed by atoms with E-state index in [4.69, 9.17) is 10.5 Å². The molecule has 0 aliphatic heterocycles. The Bertz CT molecular complexity index is 597. The van der Waals surface area contributed by atoms with Crippen LogP contribution in [0.3, 0.4) is 0 Å². The molecule has 0 bridgehead atoms. The van der Waals surface area contributed by atoms with Gasteiger partial charge < -0.3 is 10.5 Å². The molecule has 1 radical (unpaired) electrons. The summed E-state index contributed by atoms with van der Waals surface area (Å²) < 4.78 is 6.31. The lowest BCUT2D eigenvalue weighted by atomic mass is 9.47. The highest BCUT2D eigenvalue weighted by molar-refractivity contribution is 5.25. The molecule has 8 atom stereocenters. The van der Waals surface area contributed by atoms with Crippen LogP contribution in [0.2, 0.25) is 0 Å². The second kappa shape index (κ2) is 8.65. The van der Waals surface area contributed by atoms with E-state index in [2.05, 4.69) is 33.8 Å². The highest BCUT2D eigenvalue weighted by atomic mass is 16.5. The van der Waals surface area contributed by atoms with Crippen LogP contribution in [0.15, 0.2) is 11.6 Å². The second-order valence-corrected chi connectivity index (χ2v) is 11.5. The molecule has 4 aliphatic carbocycles. The minimum Gasteiger partial charge on any atom is -0.378 e. The van der Waals surface area contributed by atoms with Gasteiger partial charge in [0.25, 0.3) is 0 Å². The Labute approximate surface area is 180 Å². The van der Waals surface area contributed by atoms with E-state index in [1.54, 1.807) is 5.57 Å². The van der Waals surface area contributed by atoms with Crippen LogP contribution in [0, 0.1) is 41.4 Å². The van der Waals surface area contributed by atoms with E-state index in [1.165, 1.54) is 70.6 Å². The minimum atomic E-state index is 0.355. The number of hydrogen-bond donors (Lipinski definition) is 1. The summed E-state index contributed by atoms with van der Waals surface area (Å²) in [4.78, 5) is 0. The molecule has 0 heterocycles. The van der Waals surface area contributed by atoms with Gasteiger partial charge in [0.05, 0.1) is 6.10 Å². The van der Waals surface area contributed by atoms with Gasteiger partial charge >= 0.3 is 0 Å². The Morgan fingerprint density at radius 1 is 1.10 bits per heavy atom. The molecule has 2 N–H and O–H groups in total. The average Bonchev–Trinajstić information content (AvgIpc) is 3.05. The van der Waals surface area contributed by atoms with Crippen molar-refractivity contribution < 1.29 is 4.74 Å². The Kier molecular flexibility index (Phi) is 6.53. The molecule has 3 saturated carbocycles. The van der Waals surface area contributed by atoms with Crippen molar-refractivity contribution in [3.8, 4) is 0 Å². The van der Waals surface area contributed by atoms with Crippen LogP contribution < -0.4 is 5.73 Å².